The van der Waals surface area contributed by atoms with Crippen LogP contribution in [0, 0.1) is 11.7 Å². The van der Waals surface area contributed by atoms with Gasteiger partial charge in [-0.25, -0.2) is 0 Å². The molecule has 56 valence electrons. The fourth-order valence-corrected chi connectivity index (χ4v) is 0.908. The van der Waals surface area contributed by atoms with Crippen molar-refractivity contribution in [3.8, 4) is 0 Å². The number of hydrogen-bond acceptors (Lipinski definition) is 3. The number of nitrogens with one attached hydrogen (secondary N) is 1. The van der Waals surface area contributed by atoms with Gasteiger partial charge in [-0.15, -0.1) is 0 Å². The summed E-state index contributed by atoms with van der Waals surface area (Å²) < 4.78 is 7.25. The number of aromatic nitrogens is 3. The second-order valence-corrected chi connectivity index (χ2v) is 2.31. The molecule has 1 aromatic heterocycles. The van der Waals surface area contributed by atoms with E-state index >= 15 is 0 Å². The molecule has 1 aromatic rings. The highest BCUT2D eigenvalue weighted by Crippen LogP contribution is 1.94. The van der Waals surface area contributed by atoms with Crippen molar-refractivity contribution in [2.24, 2.45) is 0 Å². The third-order valence-electron chi connectivity index (χ3n) is 1.21. The van der Waals surface area contributed by atoms with Crippen LogP contribution in [0.1, 0.15) is 5.82 Å². The Hall–Kier alpha value is -0.680. The van der Waals surface area contributed by atoms with Crippen LogP contribution >= 0.6 is 12.2 Å². The lowest BCUT2D eigenvalue weighted by molar-refractivity contribution is 0.128. The number of H-pyrrole nitrogens is 1. The maximum Gasteiger partial charge on any atom is 0.197 e. The van der Waals surface area contributed by atoms with Crippen LogP contribution in [0.25, 0.3) is 0 Å². The molecule has 1 rings (SSSR count). The van der Waals surface area contributed by atoms with E-state index in [0.717, 1.165) is 5.82 Å². The van der Waals surface area contributed by atoms with Crippen molar-refractivity contribution in [2.75, 3.05) is 7.11 Å². The number of hydrogen-bond donors (Lipinski definition) is 1. The van der Waals surface area contributed by atoms with Gasteiger partial charge in [-0.1, -0.05) is 0 Å². The summed E-state index contributed by atoms with van der Waals surface area (Å²) in [6.45, 7) is 2.33. The van der Waals surface area contributed by atoms with Crippen LogP contribution in [0.3, 0.4) is 0 Å². The fourth-order valence-electron chi connectivity index (χ4n) is 0.678. The van der Waals surface area contributed by atoms with Crippen molar-refractivity contribution in [3.05, 3.63) is 10.6 Å². The van der Waals surface area contributed by atoms with Crippen LogP contribution in [-0.4, -0.2) is 21.9 Å². The molecule has 0 saturated carbocycles. The highest BCUT2D eigenvalue weighted by atomic mass is 32.1. The molecule has 10 heavy (non-hydrogen) atoms. The number of nitrogens with zero attached hydrogens (tertiary/aromatic N) is 2. The predicted octanol–water partition coefficient (Wildman–Crippen LogP) is 0.853. The number of methoxy groups -OCH3 is 1. The van der Waals surface area contributed by atoms with Gasteiger partial charge in [-0.3, -0.25) is 9.67 Å². The van der Waals surface area contributed by atoms with Gasteiger partial charge < -0.3 is 4.74 Å². The second kappa shape index (κ2) is 2.94. The van der Waals surface area contributed by atoms with E-state index < -0.39 is 0 Å². The Kier molecular flexibility index (Phi) is 2.18. The minimum absolute atomic E-state index is 0.459. The first-order valence-corrected chi connectivity index (χ1v) is 3.27. The largest absolute Gasteiger partial charge is 0.364 e. The summed E-state index contributed by atoms with van der Waals surface area (Å²) in [5.41, 5.74) is 0. The van der Waals surface area contributed by atoms with E-state index in [1.165, 1.54) is 0 Å². The second-order valence-electron chi connectivity index (χ2n) is 1.92. The zero-order valence-corrected chi connectivity index (χ0v) is 6.73. The maximum absolute atomic E-state index is 4.90. The first-order valence-electron chi connectivity index (χ1n) is 2.86. The fraction of sp³-hybridized carbons (Fsp3) is 0.600. The van der Waals surface area contributed by atoms with Crippen LogP contribution in [0.4, 0.5) is 0 Å². The Morgan fingerprint density at radius 3 is 2.90 bits per heavy atom. The first kappa shape index (κ1) is 7.43. The number of rotatable bonds is 2. The summed E-state index contributed by atoms with van der Waals surface area (Å²) in [4.78, 5) is 0. The third-order valence-corrected chi connectivity index (χ3v) is 1.52. The molecule has 0 aliphatic rings. The predicted molar refractivity (Wildman–Crippen MR) is 39.2 cm³/mol. The Morgan fingerprint density at radius 1 is 1.80 bits per heavy atom. The average Bonchev–Trinajstić information content (AvgIpc) is 2.20. The molecule has 0 spiro atoms. The number of ether oxygens (including phenoxy) is 1. The van der Waals surface area contributed by atoms with Gasteiger partial charge in [0.15, 0.2) is 4.77 Å². The van der Waals surface area contributed by atoms with Gasteiger partial charge in [0, 0.05) is 7.11 Å². The van der Waals surface area contributed by atoms with Gasteiger partial charge in [0.1, 0.15) is 12.6 Å². The molecule has 0 unspecified atom stereocenters. The van der Waals surface area contributed by atoms with Gasteiger partial charge >= 0.3 is 0 Å². The highest BCUT2D eigenvalue weighted by Gasteiger charge is 1.97. The summed E-state index contributed by atoms with van der Waals surface area (Å²) in [5, 5.41) is 6.56. The van der Waals surface area contributed by atoms with Gasteiger partial charge in [0.25, 0.3) is 0 Å². The lowest BCUT2D eigenvalue weighted by atomic mass is 10.7. The summed E-state index contributed by atoms with van der Waals surface area (Å²) in [6, 6.07) is 0. The standard InChI is InChI=1S/C5H9N3OS/c1-4-6-7-5(10)8(4)3-9-2/h3H2,1-2H3,(H,7,10). The summed E-state index contributed by atoms with van der Waals surface area (Å²) in [5.74, 6) is 0.840. The van der Waals surface area contributed by atoms with Crippen molar-refractivity contribution in [1.29, 1.82) is 0 Å². The minimum atomic E-state index is 0.459. The molecule has 1 N–H and O–H groups in total. The molecule has 0 bridgehead atoms. The molecular weight excluding hydrogens is 150 g/mol. The van der Waals surface area contributed by atoms with Crippen molar-refractivity contribution in [1.82, 2.24) is 14.8 Å². The molecule has 0 aliphatic carbocycles. The first-order chi connectivity index (χ1) is 4.75. The number of aryl methyl sites for hydroxylation is 1. The van der Waals surface area contributed by atoms with Gasteiger partial charge in [-0.2, -0.15) is 5.10 Å². The molecule has 0 aliphatic heterocycles. The van der Waals surface area contributed by atoms with Crippen LogP contribution in [0.2, 0.25) is 0 Å². The molecule has 0 fully saturated rings. The monoisotopic (exact) mass is 159 g/mol. The molecule has 5 heteroatoms. The van der Waals surface area contributed by atoms with E-state index in [1.54, 1.807) is 11.7 Å². The van der Waals surface area contributed by atoms with E-state index in [2.05, 4.69) is 10.2 Å². The molecule has 1 heterocycles. The van der Waals surface area contributed by atoms with Crippen LogP contribution in [0.15, 0.2) is 0 Å². The molecule has 0 saturated heterocycles. The summed E-state index contributed by atoms with van der Waals surface area (Å²) in [6.07, 6.45) is 0. The van der Waals surface area contributed by atoms with Crippen molar-refractivity contribution >= 4 is 12.2 Å². The van der Waals surface area contributed by atoms with Crippen molar-refractivity contribution in [2.45, 2.75) is 13.7 Å². The molecule has 0 aromatic carbocycles. The van der Waals surface area contributed by atoms with Gasteiger partial charge in [0.05, 0.1) is 0 Å². The van der Waals surface area contributed by atoms with E-state index in [1.807, 2.05) is 6.92 Å². The molecule has 0 amide bonds. The Balaban J connectivity index is 2.99. The van der Waals surface area contributed by atoms with Crippen LogP contribution in [-0.2, 0) is 11.5 Å². The lowest BCUT2D eigenvalue weighted by Crippen LogP contribution is -2.01. The van der Waals surface area contributed by atoms with Gasteiger partial charge in [-0.05, 0) is 19.1 Å². The van der Waals surface area contributed by atoms with Crippen LogP contribution in [0.5, 0.6) is 0 Å². The van der Waals surface area contributed by atoms with E-state index in [-0.39, 0.29) is 0 Å². The molecule has 4 nitrogen and oxygen atoms in total. The summed E-state index contributed by atoms with van der Waals surface area (Å²) in [7, 11) is 1.62. The Bertz CT molecular complexity index is 264. The smallest absolute Gasteiger partial charge is 0.197 e. The minimum Gasteiger partial charge on any atom is -0.364 e. The maximum atomic E-state index is 4.90. The quantitative estimate of drug-likeness (QED) is 0.651. The SMILES string of the molecule is COCn1c(C)n[nH]c1=S. The summed E-state index contributed by atoms with van der Waals surface area (Å²) >= 11 is 4.90. The highest BCUT2D eigenvalue weighted by molar-refractivity contribution is 7.71. The molecular formula is C5H9N3OS. The van der Waals surface area contributed by atoms with E-state index in [0.29, 0.717) is 11.5 Å². The number of aromatic amines is 1. The van der Waals surface area contributed by atoms with Crippen molar-refractivity contribution in [3.63, 3.8) is 0 Å². The van der Waals surface area contributed by atoms with Crippen molar-refractivity contribution < 1.29 is 4.74 Å². The Labute approximate surface area is 63.8 Å². The zero-order chi connectivity index (χ0) is 7.56. The lowest BCUT2D eigenvalue weighted by Gasteiger charge is -1.99. The molecule has 0 radical (unpaired) electrons. The normalized spacial score (nSPS) is 10.2. The van der Waals surface area contributed by atoms with E-state index in [4.69, 9.17) is 17.0 Å². The average molecular weight is 159 g/mol. The molecule has 0 atom stereocenters. The van der Waals surface area contributed by atoms with Gasteiger partial charge in [0.2, 0.25) is 0 Å². The Morgan fingerprint density at radius 2 is 2.50 bits per heavy atom. The third kappa shape index (κ3) is 1.25. The van der Waals surface area contributed by atoms with E-state index in [9.17, 15) is 0 Å². The topological polar surface area (TPSA) is 42.8 Å². The zero-order valence-electron chi connectivity index (χ0n) is 5.92. The van der Waals surface area contributed by atoms with Crippen LogP contribution < -0.4 is 0 Å².